The molecule has 2 rings (SSSR count). The summed E-state index contributed by atoms with van der Waals surface area (Å²) in [6, 6.07) is 0. The van der Waals surface area contributed by atoms with E-state index in [1.54, 1.807) is 4.31 Å². The summed E-state index contributed by atoms with van der Waals surface area (Å²) in [5.74, 6) is 0.455. The second-order valence-electron chi connectivity index (χ2n) is 6.14. The van der Waals surface area contributed by atoms with E-state index in [1.807, 2.05) is 0 Å². The van der Waals surface area contributed by atoms with Gasteiger partial charge in [-0.05, 0) is 44.8 Å². The molecule has 2 saturated heterocycles. The monoisotopic (exact) mass is 319 g/mol. The standard InChI is InChI=1S/C14H29N3O3S/c1-21(18,19)17-7-2-4-14(13-17)12-15-5-3-6-16-8-10-20-11-9-16/h14-15H,2-13H2,1H3. The van der Waals surface area contributed by atoms with Crippen molar-refractivity contribution in [1.82, 2.24) is 14.5 Å². The molecule has 0 amide bonds. The van der Waals surface area contributed by atoms with Crippen molar-refractivity contribution >= 4 is 10.0 Å². The van der Waals surface area contributed by atoms with Gasteiger partial charge in [-0.3, -0.25) is 4.90 Å². The highest BCUT2D eigenvalue weighted by Crippen LogP contribution is 2.17. The minimum Gasteiger partial charge on any atom is -0.379 e. The molecule has 7 heteroatoms. The van der Waals surface area contributed by atoms with E-state index >= 15 is 0 Å². The Morgan fingerprint density at radius 2 is 2.00 bits per heavy atom. The van der Waals surface area contributed by atoms with E-state index in [1.165, 1.54) is 6.26 Å². The number of piperidine rings is 1. The van der Waals surface area contributed by atoms with Gasteiger partial charge in [0.2, 0.25) is 10.0 Å². The second-order valence-corrected chi connectivity index (χ2v) is 8.12. The number of ether oxygens (including phenoxy) is 1. The van der Waals surface area contributed by atoms with Crippen LogP contribution < -0.4 is 5.32 Å². The Hall–Kier alpha value is -0.210. The predicted molar refractivity (Wildman–Crippen MR) is 83.9 cm³/mol. The molecule has 21 heavy (non-hydrogen) atoms. The number of rotatable bonds is 7. The van der Waals surface area contributed by atoms with Gasteiger partial charge in [-0.25, -0.2) is 12.7 Å². The van der Waals surface area contributed by atoms with Crippen molar-refractivity contribution < 1.29 is 13.2 Å². The molecule has 6 nitrogen and oxygen atoms in total. The molecule has 0 aromatic rings. The van der Waals surface area contributed by atoms with Gasteiger partial charge in [-0.2, -0.15) is 0 Å². The normalized spacial score (nSPS) is 26.0. The van der Waals surface area contributed by atoms with E-state index in [4.69, 9.17) is 4.74 Å². The van der Waals surface area contributed by atoms with E-state index in [9.17, 15) is 8.42 Å². The molecular weight excluding hydrogens is 290 g/mol. The predicted octanol–water partition coefficient (Wildman–Crippen LogP) is -0.0301. The van der Waals surface area contributed by atoms with E-state index in [0.717, 1.165) is 65.2 Å². The van der Waals surface area contributed by atoms with Gasteiger partial charge in [0, 0.05) is 26.2 Å². The highest BCUT2D eigenvalue weighted by Gasteiger charge is 2.25. The van der Waals surface area contributed by atoms with Crippen LogP contribution in [0.2, 0.25) is 0 Å². The molecule has 0 spiro atoms. The van der Waals surface area contributed by atoms with Crippen LogP contribution in [0.25, 0.3) is 0 Å². The van der Waals surface area contributed by atoms with Gasteiger partial charge < -0.3 is 10.1 Å². The molecule has 0 aromatic heterocycles. The largest absolute Gasteiger partial charge is 0.379 e. The quantitative estimate of drug-likeness (QED) is 0.668. The highest BCUT2D eigenvalue weighted by atomic mass is 32.2. The molecule has 1 N–H and O–H groups in total. The second kappa shape index (κ2) is 8.43. The Morgan fingerprint density at radius 1 is 1.24 bits per heavy atom. The smallest absolute Gasteiger partial charge is 0.211 e. The summed E-state index contributed by atoms with van der Waals surface area (Å²) >= 11 is 0. The average molecular weight is 319 g/mol. The van der Waals surface area contributed by atoms with Crippen molar-refractivity contribution in [2.75, 3.05) is 65.3 Å². The molecule has 0 aromatic carbocycles. The van der Waals surface area contributed by atoms with Gasteiger partial charge in [-0.1, -0.05) is 0 Å². The van der Waals surface area contributed by atoms with Crippen LogP contribution in [0.3, 0.4) is 0 Å². The zero-order valence-corrected chi connectivity index (χ0v) is 13.9. The molecule has 2 aliphatic heterocycles. The third-order valence-electron chi connectivity index (χ3n) is 4.32. The summed E-state index contributed by atoms with van der Waals surface area (Å²) in [6.07, 6.45) is 4.56. The van der Waals surface area contributed by atoms with Crippen molar-refractivity contribution in [2.24, 2.45) is 5.92 Å². The van der Waals surface area contributed by atoms with Crippen molar-refractivity contribution in [3.63, 3.8) is 0 Å². The lowest BCUT2D eigenvalue weighted by molar-refractivity contribution is 0.0374. The summed E-state index contributed by atoms with van der Waals surface area (Å²) < 4.78 is 30.1. The van der Waals surface area contributed by atoms with Gasteiger partial charge in [0.1, 0.15) is 0 Å². The van der Waals surface area contributed by atoms with Crippen LogP contribution in [0.5, 0.6) is 0 Å². The lowest BCUT2D eigenvalue weighted by atomic mass is 10.00. The number of hydrogen-bond donors (Lipinski definition) is 1. The SMILES string of the molecule is CS(=O)(=O)N1CCCC(CNCCCN2CCOCC2)C1. The Bertz CT molecular complexity index is 396. The van der Waals surface area contributed by atoms with Crippen molar-refractivity contribution in [1.29, 1.82) is 0 Å². The van der Waals surface area contributed by atoms with Crippen molar-refractivity contribution in [3.8, 4) is 0 Å². The first-order valence-corrected chi connectivity index (χ1v) is 9.86. The van der Waals surface area contributed by atoms with Gasteiger partial charge in [0.25, 0.3) is 0 Å². The molecule has 1 unspecified atom stereocenters. The highest BCUT2D eigenvalue weighted by molar-refractivity contribution is 7.88. The van der Waals surface area contributed by atoms with Gasteiger partial charge >= 0.3 is 0 Å². The van der Waals surface area contributed by atoms with Crippen LogP contribution >= 0.6 is 0 Å². The van der Waals surface area contributed by atoms with Gasteiger partial charge in [0.15, 0.2) is 0 Å². The lowest BCUT2D eigenvalue weighted by Crippen LogP contribution is -2.42. The fraction of sp³-hybridized carbons (Fsp3) is 1.00. The van der Waals surface area contributed by atoms with Crippen molar-refractivity contribution in [2.45, 2.75) is 19.3 Å². The van der Waals surface area contributed by atoms with Crippen LogP contribution in [0.1, 0.15) is 19.3 Å². The molecule has 1 atom stereocenters. The summed E-state index contributed by atoms with van der Waals surface area (Å²) in [4.78, 5) is 2.44. The maximum atomic E-state index is 11.6. The fourth-order valence-corrected chi connectivity index (χ4v) is 4.00. The number of nitrogens with one attached hydrogen (secondary N) is 1. The number of hydrogen-bond acceptors (Lipinski definition) is 5. The first-order chi connectivity index (χ1) is 10.1. The third kappa shape index (κ3) is 6.20. The Morgan fingerprint density at radius 3 is 2.71 bits per heavy atom. The van der Waals surface area contributed by atoms with Crippen LogP contribution in [0.4, 0.5) is 0 Å². The van der Waals surface area contributed by atoms with Crippen LogP contribution in [-0.4, -0.2) is 82.9 Å². The van der Waals surface area contributed by atoms with E-state index < -0.39 is 10.0 Å². The summed E-state index contributed by atoms with van der Waals surface area (Å²) in [5.41, 5.74) is 0. The van der Waals surface area contributed by atoms with E-state index in [0.29, 0.717) is 19.0 Å². The zero-order chi connectivity index (χ0) is 15.1. The maximum Gasteiger partial charge on any atom is 0.211 e. The van der Waals surface area contributed by atoms with Crippen LogP contribution in [-0.2, 0) is 14.8 Å². The minimum atomic E-state index is -3.02. The Labute approximate surface area is 128 Å². The van der Waals surface area contributed by atoms with E-state index in [2.05, 4.69) is 10.2 Å². The average Bonchev–Trinajstić information content (AvgIpc) is 2.47. The first-order valence-electron chi connectivity index (χ1n) is 8.01. The summed E-state index contributed by atoms with van der Waals surface area (Å²) in [6.45, 7) is 8.23. The number of nitrogens with zero attached hydrogens (tertiary/aromatic N) is 2. The Kier molecular flexibility index (Phi) is 6.88. The molecule has 2 heterocycles. The molecule has 0 radical (unpaired) electrons. The first kappa shape index (κ1) is 17.1. The summed E-state index contributed by atoms with van der Waals surface area (Å²) in [7, 11) is -3.02. The maximum absolute atomic E-state index is 11.6. The molecule has 0 aliphatic carbocycles. The Balaban J connectivity index is 1.56. The lowest BCUT2D eigenvalue weighted by Gasteiger charge is -2.31. The fourth-order valence-electron chi connectivity index (χ4n) is 3.05. The molecule has 2 aliphatic rings. The molecule has 124 valence electrons. The molecule has 2 fully saturated rings. The van der Waals surface area contributed by atoms with Gasteiger partial charge in [0.05, 0.1) is 19.5 Å². The third-order valence-corrected chi connectivity index (χ3v) is 5.59. The van der Waals surface area contributed by atoms with Crippen molar-refractivity contribution in [3.05, 3.63) is 0 Å². The molecule has 0 bridgehead atoms. The summed E-state index contributed by atoms with van der Waals surface area (Å²) in [5, 5.41) is 3.49. The number of morpholine rings is 1. The van der Waals surface area contributed by atoms with E-state index in [-0.39, 0.29) is 0 Å². The molecular formula is C14H29N3O3S. The minimum absolute atomic E-state index is 0.455. The van der Waals surface area contributed by atoms with Gasteiger partial charge in [-0.15, -0.1) is 0 Å². The number of sulfonamides is 1. The topological polar surface area (TPSA) is 61.9 Å². The van der Waals surface area contributed by atoms with Crippen LogP contribution in [0, 0.1) is 5.92 Å². The molecule has 0 saturated carbocycles. The zero-order valence-electron chi connectivity index (χ0n) is 13.1. The van der Waals surface area contributed by atoms with Crippen LogP contribution in [0.15, 0.2) is 0 Å².